The van der Waals surface area contributed by atoms with E-state index in [1.807, 2.05) is 18.2 Å². The topological polar surface area (TPSA) is 78.9 Å². The Morgan fingerprint density at radius 2 is 2.00 bits per heavy atom. The Morgan fingerprint density at radius 1 is 1.15 bits per heavy atom. The van der Waals surface area contributed by atoms with Gasteiger partial charge in [0.2, 0.25) is 5.75 Å². The van der Waals surface area contributed by atoms with Gasteiger partial charge in [-0.2, -0.15) is 0 Å². The lowest BCUT2D eigenvalue weighted by Gasteiger charge is -2.21. The molecule has 1 N–H and O–H groups in total. The molecule has 3 aromatic rings. The van der Waals surface area contributed by atoms with Crippen LogP contribution in [0.25, 0.3) is 10.2 Å². The molecule has 4 rings (SSSR count). The van der Waals surface area contributed by atoms with Gasteiger partial charge in [0, 0.05) is 5.56 Å². The highest BCUT2D eigenvalue weighted by Crippen LogP contribution is 2.40. The number of nitrogens with one attached hydrogen (secondary N) is 1. The predicted octanol–water partition coefficient (Wildman–Crippen LogP) is 3.34. The quantitative estimate of drug-likeness (QED) is 0.757. The maximum absolute atomic E-state index is 12.6. The molecule has 0 unspecified atom stereocenters. The second kappa shape index (κ2) is 6.72. The average Bonchev–Trinajstić information content (AvgIpc) is 3.08. The first-order valence-electron chi connectivity index (χ1n) is 7.91. The summed E-state index contributed by atoms with van der Waals surface area (Å²) in [4.78, 5) is 17.1. The number of rotatable bonds is 4. The van der Waals surface area contributed by atoms with Crippen molar-refractivity contribution in [2.45, 2.75) is 0 Å². The van der Waals surface area contributed by atoms with Gasteiger partial charge in [-0.25, -0.2) is 4.98 Å². The molecule has 1 aliphatic rings. The number of amides is 1. The minimum absolute atomic E-state index is 0.300. The number of nitrogens with zero attached hydrogens (tertiary/aromatic N) is 1. The molecule has 0 fully saturated rings. The number of hydrogen-bond acceptors (Lipinski definition) is 7. The van der Waals surface area contributed by atoms with Crippen LogP contribution in [0.2, 0.25) is 0 Å². The van der Waals surface area contributed by atoms with Crippen molar-refractivity contribution in [1.29, 1.82) is 0 Å². The van der Waals surface area contributed by atoms with Crippen LogP contribution in [0.5, 0.6) is 23.0 Å². The zero-order valence-corrected chi connectivity index (χ0v) is 15.0. The zero-order chi connectivity index (χ0) is 18.1. The molecule has 0 radical (unpaired) electrons. The molecule has 8 heteroatoms. The summed E-state index contributed by atoms with van der Waals surface area (Å²) in [5.41, 5.74) is 1.20. The summed E-state index contributed by atoms with van der Waals surface area (Å²) in [7, 11) is 3.14. The molecule has 2 heterocycles. The summed E-state index contributed by atoms with van der Waals surface area (Å²) in [5.74, 6) is 1.92. The number of carbonyl (C=O) groups is 1. The largest absolute Gasteiger partial charge is 0.497 e. The number of hydrogen-bond donors (Lipinski definition) is 1. The molecule has 0 spiro atoms. The summed E-state index contributed by atoms with van der Waals surface area (Å²) >= 11 is 1.38. The number of anilines is 1. The van der Waals surface area contributed by atoms with Crippen molar-refractivity contribution >= 4 is 32.6 Å². The molecule has 1 amide bonds. The average molecular weight is 372 g/mol. The molecule has 2 aromatic carbocycles. The molecule has 7 nitrogen and oxygen atoms in total. The fourth-order valence-corrected chi connectivity index (χ4v) is 3.55. The molecule has 0 saturated heterocycles. The highest BCUT2D eigenvalue weighted by atomic mass is 32.1. The molecule has 0 aliphatic carbocycles. The lowest BCUT2D eigenvalue weighted by Crippen LogP contribution is -2.18. The molecular formula is C18H16N2O5S. The Labute approximate surface area is 153 Å². The first-order chi connectivity index (χ1) is 12.7. The third-order valence-electron chi connectivity index (χ3n) is 3.91. The van der Waals surface area contributed by atoms with Crippen molar-refractivity contribution < 1.29 is 23.7 Å². The third kappa shape index (κ3) is 2.99. The minimum Gasteiger partial charge on any atom is -0.497 e. The van der Waals surface area contributed by atoms with Crippen molar-refractivity contribution in [1.82, 2.24) is 4.98 Å². The molecular weight excluding hydrogens is 356 g/mol. The summed E-state index contributed by atoms with van der Waals surface area (Å²) in [5, 5.41) is 3.33. The summed E-state index contributed by atoms with van der Waals surface area (Å²) in [6.45, 7) is 0.880. The number of methoxy groups -OCH3 is 2. The lowest BCUT2D eigenvalue weighted by atomic mass is 10.1. The molecule has 0 saturated carbocycles. The van der Waals surface area contributed by atoms with Crippen LogP contribution in [0.1, 0.15) is 10.4 Å². The van der Waals surface area contributed by atoms with E-state index >= 15 is 0 Å². The fraction of sp³-hybridized carbons (Fsp3) is 0.222. The second-order valence-corrected chi connectivity index (χ2v) is 6.54. The molecule has 134 valence electrons. The molecule has 1 aliphatic heterocycles. The van der Waals surface area contributed by atoms with Gasteiger partial charge in [0.15, 0.2) is 16.6 Å². The van der Waals surface area contributed by atoms with Gasteiger partial charge in [-0.05, 0) is 30.3 Å². The number of ether oxygens (including phenoxy) is 4. The Bertz CT molecular complexity index is 968. The number of carbonyl (C=O) groups excluding carboxylic acids is 1. The summed E-state index contributed by atoms with van der Waals surface area (Å²) < 4.78 is 22.6. The molecule has 0 bridgehead atoms. The maximum atomic E-state index is 12.6. The Balaban J connectivity index is 1.62. The first-order valence-corrected chi connectivity index (χ1v) is 8.73. The Hall–Kier alpha value is -3.00. The van der Waals surface area contributed by atoms with Gasteiger partial charge >= 0.3 is 0 Å². The van der Waals surface area contributed by atoms with Gasteiger partial charge < -0.3 is 18.9 Å². The fourth-order valence-electron chi connectivity index (χ4n) is 2.66. The van der Waals surface area contributed by atoms with Crippen LogP contribution in [0, 0.1) is 0 Å². The lowest BCUT2D eigenvalue weighted by molar-refractivity contribution is 0.102. The Kier molecular flexibility index (Phi) is 4.26. The second-order valence-electron chi connectivity index (χ2n) is 5.51. The minimum atomic E-state index is -0.300. The van der Waals surface area contributed by atoms with Gasteiger partial charge in [0.25, 0.3) is 5.91 Å². The van der Waals surface area contributed by atoms with Crippen LogP contribution in [-0.2, 0) is 0 Å². The van der Waals surface area contributed by atoms with Gasteiger partial charge in [-0.1, -0.05) is 11.3 Å². The first kappa shape index (κ1) is 16.5. The van der Waals surface area contributed by atoms with Crippen molar-refractivity contribution in [3.63, 3.8) is 0 Å². The van der Waals surface area contributed by atoms with E-state index in [1.165, 1.54) is 18.4 Å². The van der Waals surface area contributed by atoms with E-state index in [1.54, 1.807) is 19.2 Å². The number of aromatic nitrogens is 1. The zero-order valence-electron chi connectivity index (χ0n) is 14.2. The van der Waals surface area contributed by atoms with E-state index in [9.17, 15) is 4.79 Å². The highest BCUT2D eigenvalue weighted by molar-refractivity contribution is 7.22. The van der Waals surface area contributed by atoms with Crippen LogP contribution in [0.4, 0.5) is 5.13 Å². The van der Waals surface area contributed by atoms with E-state index in [4.69, 9.17) is 18.9 Å². The van der Waals surface area contributed by atoms with Crippen molar-refractivity contribution in [3.8, 4) is 23.0 Å². The van der Waals surface area contributed by atoms with Crippen molar-refractivity contribution in [2.75, 3.05) is 32.8 Å². The molecule has 26 heavy (non-hydrogen) atoms. The van der Waals surface area contributed by atoms with Gasteiger partial charge in [0.05, 0.1) is 24.4 Å². The van der Waals surface area contributed by atoms with Gasteiger partial charge in [0.1, 0.15) is 19.0 Å². The van der Waals surface area contributed by atoms with Crippen LogP contribution in [0.3, 0.4) is 0 Å². The van der Waals surface area contributed by atoms with Gasteiger partial charge in [-0.15, -0.1) is 0 Å². The van der Waals surface area contributed by atoms with Gasteiger partial charge in [-0.3, -0.25) is 10.1 Å². The van der Waals surface area contributed by atoms with E-state index in [-0.39, 0.29) is 5.91 Å². The monoisotopic (exact) mass is 372 g/mol. The number of benzene rings is 2. The SMILES string of the molecule is COc1ccc2nc(NC(=O)c3cc(OC)c4c(c3)OCCO4)sc2c1. The van der Waals surface area contributed by atoms with E-state index in [0.29, 0.717) is 41.2 Å². The number of fused-ring (bicyclic) bond motifs is 2. The van der Waals surface area contributed by atoms with E-state index in [0.717, 1.165) is 16.0 Å². The van der Waals surface area contributed by atoms with Crippen LogP contribution in [0.15, 0.2) is 30.3 Å². The van der Waals surface area contributed by atoms with Crippen molar-refractivity contribution in [2.24, 2.45) is 0 Å². The van der Waals surface area contributed by atoms with Crippen LogP contribution < -0.4 is 24.3 Å². The normalized spacial score (nSPS) is 12.7. The Morgan fingerprint density at radius 3 is 2.81 bits per heavy atom. The molecule has 0 atom stereocenters. The maximum Gasteiger partial charge on any atom is 0.257 e. The predicted molar refractivity (Wildman–Crippen MR) is 98.1 cm³/mol. The van der Waals surface area contributed by atoms with Crippen LogP contribution >= 0.6 is 11.3 Å². The highest BCUT2D eigenvalue weighted by Gasteiger charge is 2.21. The molecule has 1 aromatic heterocycles. The smallest absolute Gasteiger partial charge is 0.257 e. The van der Waals surface area contributed by atoms with E-state index in [2.05, 4.69) is 10.3 Å². The summed E-state index contributed by atoms with van der Waals surface area (Å²) in [6.07, 6.45) is 0. The third-order valence-corrected chi connectivity index (χ3v) is 4.84. The van der Waals surface area contributed by atoms with E-state index < -0.39 is 0 Å². The van der Waals surface area contributed by atoms with Crippen molar-refractivity contribution in [3.05, 3.63) is 35.9 Å². The number of thiazole rings is 1. The summed E-state index contributed by atoms with van der Waals surface area (Å²) in [6, 6.07) is 8.84. The van der Waals surface area contributed by atoms with Crippen LogP contribution in [-0.4, -0.2) is 38.3 Å². The standard InChI is InChI=1S/C18H16N2O5S/c1-22-11-3-4-12-15(9-11)26-18(19-12)20-17(21)10-7-13(23-2)16-14(8-10)24-5-6-25-16/h3-4,7-9H,5-6H2,1-2H3,(H,19,20,21).